The monoisotopic (exact) mass is 519 g/mol. The van der Waals surface area contributed by atoms with E-state index in [-0.39, 0.29) is 35.5 Å². The fourth-order valence-corrected chi connectivity index (χ4v) is 3.93. The normalized spacial score (nSPS) is 13.0. The summed E-state index contributed by atoms with van der Waals surface area (Å²) in [6.07, 6.45) is 3.08. The quantitative estimate of drug-likeness (QED) is 0.377. The summed E-state index contributed by atoms with van der Waals surface area (Å²) < 4.78 is 50.1. The zero-order chi connectivity index (χ0) is 25.6. The Balaban J connectivity index is 1.63. The predicted molar refractivity (Wildman–Crippen MR) is 124 cm³/mol. The molecule has 2 aromatic heterocycles. The average molecular weight is 520 g/mol. The standard InChI is InChI=1S/C22H17ClF3N7O3/c1-31-6-12-3-19(14(23)4-18(12)30-31)28-20-29-21(34)33(8-13-9-36-10-27-13)22(35)32(20)7-11-2-16(25)17(26)5-15(11)24/h2-6,9,27H,7-8,10H2,1H3,(H,28,29,34). The number of aromatic nitrogens is 5. The van der Waals surface area contributed by atoms with Gasteiger partial charge in [0.25, 0.3) is 0 Å². The molecule has 0 radical (unpaired) electrons. The smallest absolute Gasteiger partial charge is 0.355 e. The second-order valence-corrected chi connectivity index (χ2v) is 8.39. The predicted octanol–water partition coefficient (Wildman–Crippen LogP) is 2.57. The molecule has 0 saturated carbocycles. The fraction of sp³-hybridized carbons (Fsp3) is 0.182. The number of anilines is 2. The summed E-state index contributed by atoms with van der Waals surface area (Å²) in [7, 11) is 1.73. The van der Waals surface area contributed by atoms with E-state index < -0.39 is 35.4 Å². The molecule has 186 valence electrons. The van der Waals surface area contributed by atoms with Crippen LogP contribution in [0.25, 0.3) is 10.9 Å². The lowest BCUT2D eigenvalue weighted by Crippen LogP contribution is -2.43. The van der Waals surface area contributed by atoms with E-state index in [1.54, 1.807) is 30.1 Å². The first-order valence-electron chi connectivity index (χ1n) is 10.5. The molecule has 0 fully saturated rings. The van der Waals surface area contributed by atoms with Crippen LogP contribution in [0, 0.1) is 17.5 Å². The Bertz CT molecular complexity index is 1660. The summed E-state index contributed by atoms with van der Waals surface area (Å²) in [4.78, 5) is 30.1. The van der Waals surface area contributed by atoms with Gasteiger partial charge in [-0.05, 0) is 18.2 Å². The van der Waals surface area contributed by atoms with Gasteiger partial charge in [0.05, 0.1) is 35.0 Å². The highest BCUT2D eigenvalue weighted by molar-refractivity contribution is 6.34. The van der Waals surface area contributed by atoms with Crippen LogP contribution in [0.2, 0.25) is 5.02 Å². The third kappa shape index (κ3) is 4.40. The molecule has 4 aromatic rings. The van der Waals surface area contributed by atoms with Crippen LogP contribution in [-0.2, 0) is 24.9 Å². The van der Waals surface area contributed by atoms with Gasteiger partial charge in [0.15, 0.2) is 18.4 Å². The summed E-state index contributed by atoms with van der Waals surface area (Å²) >= 11 is 6.37. The Hall–Kier alpha value is -4.26. The molecule has 0 unspecified atom stereocenters. The lowest BCUT2D eigenvalue weighted by atomic mass is 10.2. The second kappa shape index (κ2) is 9.07. The maximum atomic E-state index is 14.5. The number of ether oxygens (including phenoxy) is 1. The van der Waals surface area contributed by atoms with Gasteiger partial charge in [-0.1, -0.05) is 11.6 Å². The minimum atomic E-state index is -1.37. The van der Waals surface area contributed by atoms with Crippen molar-refractivity contribution >= 4 is 34.1 Å². The molecule has 10 nitrogen and oxygen atoms in total. The van der Waals surface area contributed by atoms with Crippen LogP contribution in [-0.4, -0.2) is 30.6 Å². The van der Waals surface area contributed by atoms with Crippen LogP contribution >= 0.6 is 11.6 Å². The van der Waals surface area contributed by atoms with Crippen LogP contribution in [0.1, 0.15) is 5.56 Å². The Labute approximate surface area is 205 Å². The van der Waals surface area contributed by atoms with E-state index in [0.717, 1.165) is 9.13 Å². The molecule has 0 saturated heterocycles. The van der Waals surface area contributed by atoms with Crippen molar-refractivity contribution in [1.29, 1.82) is 0 Å². The highest BCUT2D eigenvalue weighted by Crippen LogP contribution is 2.29. The SMILES string of the molecule is Cn1cc2cc(Nc3nc(=O)n(CC4=COCN4)c(=O)n3Cc3cc(F)c(F)cc3F)c(Cl)cc2n1. The number of nitrogens with one attached hydrogen (secondary N) is 2. The molecule has 3 heterocycles. The number of allylic oxidation sites excluding steroid dienone is 1. The van der Waals surface area contributed by atoms with E-state index in [2.05, 4.69) is 20.7 Å². The Morgan fingerprint density at radius 3 is 2.61 bits per heavy atom. The fourth-order valence-electron chi connectivity index (χ4n) is 3.73. The van der Waals surface area contributed by atoms with Crippen molar-refractivity contribution in [2.45, 2.75) is 13.1 Å². The summed E-state index contributed by atoms with van der Waals surface area (Å²) in [5, 5.41) is 10.9. The van der Waals surface area contributed by atoms with Crippen LogP contribution < -0.4 is 22.0 Å². The van der Waals surface area contributed by atoms with Crippen molar-refractivity contribution in [3.63, 3.8) is 0 Å². The van der Waals surface area contributed by atoms with Crippen molar-refractivity contribution in [1.82, 2.24) is 29.2 Å². The maximum absolute atomic E-state index is 14.5. The van der Waals surface area contributed by atoms with Gasteiger partial charge in [0.2, 0.25) is 5.95 Å². The third-order valence-electron chi connectivity index (χ3n) is 5.46. The molecule has 0 aliphatic carbocycles. The zero-order valence-corrected chi connectivity index (χ0v) is 19.3. The van der Waals surface area contributed by atoms with E-state index in [4.69, 9.17) is 16.3 Å². The van der Waals surface area contributed by atoms with Crippen LogP contribution in [0.3, 0.4) is 0 Å². The molecule has 14 heteroatoms. The molecule has 1 aliphatic heterocycles. The number of benzene rings is 2. The van der Waals surface area contributed by atoms with Gasteiger partial charge in [-0.15, -0.1) is 0 Å². The lowest BCUT2D eigenvalue weighted by Gasteiger charge is -2.17. The Morgan fingerprint density at radius 1 is 1.08 bits per heavy atom. The van der Waals surface area contributed by atoms with Crippen molar-refractivity contribution < 1.29 is 17.9 Å². The van der Waals surface area contributed by atoms with Gasteiger partial charge in [-0.3, -0.25) is 9.25 Å². The van der Waals surface area contributed by atoms with E-state index in [1.165, 1.54) is 6.26 Å². The molecular formula is C22H17ClF3N7O3. The number of hydrogen-bond donors (Lipinski definition) is 2. The molecule has 2 aromatic carbocycles. The van der Waals surface area contributed by atoms with Crippen molar-refractivity contribution in [3.05, 3.63) is 91.4 Å². The van der Waals surface area contributed by atoms with E-state index in [0.29, 0.717) is 28.7 Å². The number of halogens is 4. The van der Waals surface area contributed by atoms with Gasteiger partial charge in [-0.25, -0.2) is 27.3 Å². The number of rotatable bonds is 6. The van der Waals surface area contributed by atoms with Crippen molar-refractivity contribution in [2.24, 2.45) is 7.05 Å². The number of hydrogen-bond acceptors (Lipinski definition) is 7. The Morgan fingerprint density at radius 2 is 1.86 bits per heavy atom. The zero-order valence-electron chi connectivity index (χ0n) is 18.6. The van der Waals surface area contributed by atoms with Gasteiger partial charge in [0, 0.05) is 30.3 Å². The maximum Gasteiger partial charge on any atom is 0.355 e. The third-order valence-corrected chi connectivity index (χ3v) is 5.77. The van der Waals surface area contributed by atoms with Crippen molar-refractivity contribution in [2.75, 3.05) is 12.0 Å². The number of fused-ring (bicyclic) bond motifs is 1. The summed E-state index contributed by atoms with van der Waals surface area (Å²) in [5.74, 6) is -4.02. The molecule has 0 atom stereocenters. The molecule has 0 spiro atoms. The largest absolute Gasteiger partial charge is 0.479 e. The molecule has 36 heavy (non-hydrogen) atoms. The van der Waals surface area contributed by atoms with Crippen LogP contribution in [0.15, 0.2) is 52.0 Å². The highest BCUT2D eigenvalue weighted by Gasteiger charge is 2.20. The molecule has 2 N–H and O–H groups in total. The van der Waals surface area contributed by atoms with Gasteiger partial charge in [0.1, 0.15) is 12.1 Å². The number of aryl methyl sites for hydroxylation is 1. The van der Waals surface area contributed by atoms with E-state index in [1.807, 2.05) is 0 Å². The van der Waals surface area contributed by atoms with Crippen molar-refractivity contribution in [3.8, 4) is 0 Å². The Kier molecular flexibility index (Phi) is 5.92. The van der Waals surface area contributed by atoms with Crippen LogP contribution in [0.4, 0.5) is 24.8 Å². The van der Waals surface area contributed by atoms with Gasteiger partial charge < -0.3 is 15.4 Å². The van der Waals surface area contributed by atoms with E-state index >= 15 is 0 Å². The lowest BCUT2D eigenvalue weighted by molar-refractivity contribution is 0.267. The first-order valence-corrected chi connectivity index (χ1v) is 10.9. The van der Waals surface area contributed by atoms with Crippen LogP contribution in [0.5, 0.6) is 0 Å². The van der Waals surface area contributed by atoms with E-state index in [9.17, 15) is 22.8 Å². The highest BCUT2D eigenvalue weighted by atomic mass is 35.5. The first kappa shape index (κ1) is 23.5. The minimum absolute atomic E-state index is 0.167. The second-order valence-electron chi connectivity index (χ2n) is 7.98. The van der Waals surface area contributed by atoms with Gasteiger partial charge in [-0.2, -0.15) is 10.1 Å². The molecule has 0 amide bonds. The average Bonchev–Trinajstić information content (AvgIpc) is 3.46. The number of nitrogens with zero attached hydrogens (tertiary/aromatic N) is 5. The summed E-state index contributed by atoms with van der Waals surface area (Å²) in [6, 6.07) is 4.23. The summed E-state index contributed by atoms with van der Waals surface area (Å²) in [6.45, 7) is -0.596. The first-order chi connectivity index (χ1) is 17.2. The minimum Gasteiger partial charge on any atom is -0.479 e. The molecule has 5 rings (SSSR count). The molecule has 0 bridgehead atoms. The summed E-state index contributed by atoms with van der Waals surface area (Å²) in [5.41, 5.74) is -0.784. The molecule has 1 aliphatic rings. The van der Waals surface area contributed by atoms with Gasteiger partial charge >= 0.3 is 11.4 Å². The topological polar surface area (TPSA) is 108 Å². The molecular weight excluding hydrogens is 503 g/mol.